The zero-order valence-electron chi connectivity index (χ0n) is 16.8. The maximum atomic E-state index is 5.41. The van der Waals surface area contributed by atoms with Crippen LogP contribution in [0.2, 0.25) is 0 Å². The van der Waals surface area contributed by atoms with Gasteiger partial charge in [0.15, 0.2) is 0 Å². The van der Waals surface area contributed by atoms with E-state index < -0.39 is 0 Å². The van der Waals surface area contributed by atoms with Gasteiger partial charge in [0.05, 0.1) is 18.9 Å². The van der Waals surface area contributed by atoms with Crippen LogP contribution in [0.5, 0.6) is 0 Å². The standard InChI is InChI=1S/C23H27N5O/c1-18-6-5-9-20(16-18)25-22-17-21(19-7-3-2-4-8-19)26-23(27-22)24-10-11-28-12-14-29-15-13-28/h2-9,16-17H,10-15H2,1H3,(H2,24,25,26,27). The second-order valence-corrected chi connectivity index (χ2v) is 7.20. The molecule has 2 heterocycles. The molecule has 1 saturated heterocycles. The highest BCUT2D eigenvalue weighted by atomic mass is 16.5. The van der Waals surface area contributed by atoms with Gasteiger partial charge >= 0.3 is 0 Å². The van der Waals surface area contributed by atoms with Crippen molar-refractivity contribution in [1.29, 1.82) is 0 Å². The molecule has 0 radical (unpaired) electrons. The van der Waals surface area contributed by atoms with Gasteiger partial charge in [-0.3, -0.25) is 4.90 Å². The summed E-state index contributed by atoms with van der Waals surface area (Å²) in [5.74, 6) is 1.41. The average Bonchev–Trinajstić information content (AvgIpc) is 2.75. The SMILES string of the molecule is Cc1cccc(Nc2cc(-c3ccccc3)nc(NCCN3CCOCC3)n2)c1. The summed E-state index contributed by atoms with van der Waals surface area (Å²) in [6.45, 7) is 7.40. The first kappa shape index (κ1) is 19.4. The van der Waals surface area contributed by atoms with Gasteiger partial charge in [-0.05, 0) is 24.6 Å². The van der Waals surface area contributed by atoms with Gasteiger partial charge in [-0.15, -0.1) is 0 Å². The largest absolute Gasteiger partial charge is 0.379 e. The minimum atomic E-state index is 0.634. The third kappa shape index (κ3) is 5.53. The number of aryl methyl sites for hydroxylation is 1. The van der Waals surface area contributed by atoms with Crippen molar-refractivity contribution in [2.45, 2.75) is 6.92 Å². The lowest BCUT2D eigenvalue weighted by atomic mass is 10.1. The van der Waals surface area contributed by atoms with E-state index in [4.69, 9.17) is 9.72 Å². The second-order valence-electron chi connectivity index (χ2n) is 7.20. The molecule has 0 atom stereocenters. The van der Waals surface area contributed by atoms with Crippen LogP contribution in [0.3, 0.4) is 0 Å². The van der Waals surface area contributed by atoms with Crippen LogP contribution in [-0.2, 0) is 4.74 Å². The van der Waals surface area contributed by atoms with Crippen molar-refractivity contribution in [2.75, 3.05) is 50.0 Å². The fraction of sp³-hybridized carbons (Fsp3) is 0.304. The van der Waals surface area contributed by atoms with E-state index in [0.29, 0.717) is 5.95 Å². The fourth-order valence-electron chi connectivity index (χ4n) is 3.37. The molecule has 2 aromatic carbocycles. The minimum Gasteiger partial charge on any atom is -0.379 e. The Morgan fingerprint density at radius 2 is 1.79 bits per heavy atom. The van der Waals surface area contributed by atoms with Gasteiger partial charge in [0.2, 0.25) is 5.95 Å². The predicted molar refractivity (Wildman–Crippen MR) is 118 cm³/mol. The van der Waals surface area contributed by atoms with Gasteiger partial charge in [-0.1, -0.05) is 42.5 Å². The number of hydrogen-bond donors (Lipinski definition) is 2. The normalized spacial score (nSPS) is 14.5. The van der Waals surface area contributed by atoms with Gasteiger partial charge in [-0.25, -0.2) is 4.98 Å². The summed E-state index contributed by atoms with van der Waals surface area (Å²) in [7, 11) is 0. The molecule has 0 amide bonds. The Hall–Kier alpha value is -2.96. The Labute approximate surface area is 172 Å². The van der Waals surface area contributed by atoms with E-state index in [9.17, 15) is 0 Å². The summed E-state index contributed by atoms with van der Waals surface area (Å²) in [4.78, 5) is 11.8. The third-order valence-electron chi connectivity index (χ3n) is 4.90. The molecule has 0 unspecified atom stereocenters. The van der Waals surface area contributed by atoms with E-state index in [1.54, 1.807) is 0 Å². The molecule has 0 bridgehead atoms. The highest BCUT2D eigenvalue weighted by Crippen LogP contribution is 2.24. The minimum absolute atomic E-state index is 0.634. The maximum Gasteiger partial charge on any atom is 0.225 e. The van der Waals surface area contributed by atoms with E-state index in [2.05, 4.69) is 51.7 Å². The average molecular weight is 390 g/mol. The van der Waals surface area contributed by atoms with Gasteiger partial charge in [-0.2, -0.15) is 4.98 Å². The Balaban J connectivity index is 1.52. The molecular formula is C23H27N5O. The molecule has 0 spiro atoms. The fourth-order valence-corrected chi connectivity index (χ4v) is 3.37. The first-order chi connectivity index (χ1) is 14.3. The molecule has 2 N–H and O–H groups in total. The Morgan fingerprint density at radius 3 is 2.59 bits per heavy atom. The summed E-state index contributed by atoms with van der Waals surface area (Å²) in [5.41, 5.74) is 4.18. The number of morpholine rings is 1. The van der Waals surface area contributed by atoms with Crippen molar-refractivity contribution in [1.82, 2.24) is 14.9 Å². The van der Waals surface area contributed by atoms with Crippen molar-refractivity contribution >= 4 is 17.5 Å². The molecule has 3 aromatic rings. The van der Waals surface area contributed by atoms with Crippen LogP contribution in [0.1, 0.15) is 5.56 Å². The number of rotatable bonds is 7. The molecule has 6 heteroatoms. The molecule has 0 aliphatic carbocycles. The van der Waals surface area contributed by atoms with Crippen molar-refractivity contribution in [3.05, 3.63) is 66.2 Å². The third-order valence-corrected chi connectivity index (χ3v) is 4.90. The van der Waals surface area contributed by atoms with E-state index in [-0.39, 0.29) is 0 Å². The van der Waals surface area contributed by atoms with Crippen molar-refractivity contribution in [3.8, 4) is 11.3 Å². The molecule has 1 aliphatic rings. The van der Waals surface area contributed by atoms with Crippen LogP contribution in [0, 0.1) is 6.92 Å². The lowest BCUT2D eigenvalue weighted by molar-refractivity contribution is 0.0398. The Kier molecular flexibility index (Phi) is 6.34. The number of nitrogens with zero attached hydrogens (tertiary/aromatic N) is 3. The number of ether oxygens (including phenoxy) is 1. The molecule has 1 aliphatic heterocycles. The number of benzene rings is 2. The first-order valence-corrected chi connectivity index (χ1v) is 10.1. The van der Waals surface area contributed by atoms with Crippen molar-refractivity contribution in [3.63, 3.8) is 0 Å². The Morgan fingerprint density at radius 1 is 0.966 bits per heavy atom. The highest BCUT2D eigenvalue weighted by Gasteiger charge is 2.11. The van der Waals surface area contributed by atoms with Crippen LogP contribution < -0.4 is 10.6 Å². The maximum absolute atomic E-state index is 5.41. The number of nitrogens with one attached hydrogen (secondary N) is 2. The Bertz CT molecular complexity index is 926. The molecule has 1 fully saturated rings. The lowest BCUT2D eigenvalue weighted by Gasteiger charge is -2.26. The van der Waals surface area contributed by atoms with Gasteiger partial charge in [0.1, 0.15) is 5.82 Å². The summed E-state index contributed by atoms with van der Waals surface area (Å²) < 4.78 is 5.41. The zero-order chi connectivity index (χ0) is 19.9. The summed E-state index contributed by atoms with van der Waals surface area (Å²) in [5, 5.41) is 6.81. The van der Waals surface area contributed by atoms with Crippen molar-refractivity contribution in [2.24, 2.45) is 0 Å². The van der Waals surface area contributed by atoms with E-state index >= 15 is 0 Å². The summed E-state index contributed by atoms with van der Waals surface area (Å²) in [6.07, 6.45) is 0. The summed E-state index contributed by atoms with van der Waals surface area (Å²) in [6, 6.07) is 20.5. The van der Waals surface area contributed by atoms with Crippen LogP contribution >= 0.6 is 0 Å². The van der Waals surface area contributed by atoms with Crippen LogP contribution in [-0.4, -0.2) is 54.3 Å². The van der Waals surface area contributed by atoms with Gasteiger partial charge < -0.3 is 15.4 Å². The first-order valence-electron chi connectivity index (χ1n) is 10.1. The summed E-state index contributed by atoms with van der Waals surface area (Å²) >= 11 is 0. The molecule has 0 saturated carbocycles. The molecule has 4 rings (SSSR count). The molecule has 1 aromatic heterocycles. The second kappa shape index (κ2) is 9.49. The van der Waals surface area contributed by atoms with E-state index in [1.807, 2.05) is 36.4 Å². The molecule has 29 heavy (non-hydrogen) atoms. The van der Waals surface area contributed by atoms with Crippen LogP contribution in [0.4, 0.5) is 17.5 Å². The number of hydrogen-bond acceptors (Lipinski definition) is 6. The smallest absolute Gasteiger partial charge is 0.225 e. The van der Waals surface area contributed by atoms with Gasteiger partial charge in [0, 0.05) is 43.5 Å². The molecule has 6 nitrogen and oxygen atoms in total. The van der Waals surface area contributed by atoms with Crippen LogP contribution in [0.25, 0.3) is 11.3 Å². The zero-order valence-corrected chi connectivity index (χ0v) is 16.8. The highest BCUT2D eigenvalue weighted by molar-refractivity contribution is 5.67. The van der Waals surface area contributed by atoms with E-state index in [0.717, 1.165) is 62.2 Å². The van der Waals surface area contributed by atoms with Gasteiger partial charge in [0.25, 0.3) is 0 Å². The number of aromatic nitrogens is 2. The number of anilines is 3. The monoisotopic (exact) mass is 389 g/mol. The van der Waals surface area contributed by atoms with Crippen molar-refractivity contribution < 1.29 is 4.74 Å². The quantitative estimate of drug-likeness (QED) is 0.638. The topological polar surface area (TPSA) is 62.3 Å². The lowest BCUT2D eigenvalue weighted by Crippen LogP contribution is -2.39. The van der Waals surface area contributed by atoms with Crippen LogP contribution in [0.15, 0.2) is 60.7 Å². The molecular weight excluding hydrogens is 362 g/mol. The van der Waals surface area contributed by atoms with E-state index in [1.165, 1.54) is 5.56 Å². The molecule has 150 valence electrons. The predicted octanol–water partition coefficient (Wildman–Crippen LogP) is 3.94.